The summed E-state index contributed by atoms with van der Waals surface area (Å²) in [6.45, 7) is 0. The standard InChI is InChI=1S/C66H41N5/c1-4-16-43(17-5-1)68-59-26-14-11-23-48(59)50-31-33-52-55-38-41(28-36-61(55)70(65(52)63(50)68)45-20-8-3-9-21-45)42-29-37-62-56(39-42)53-34-32-51-49-24-12-15-27-60(49)69(44-18-6-2-7-19-44)64(51)66(53)71(62)46-30-35-58-54(40-46)47-22-10-13-25-57(47)67-58/h1-40,67H. The van der Waals surface area contributed by atoms with E-state index in [-0.39, 0.29) is 0 Å². The van der Waals surface area contributed by atoms with Crippen molar-refractivity contribution in [2.45, 2.75) is 0 Å². The Kier molecular flexibility index (Phi) is 7.82. The molecular weight excluding hydrogens is 863 g/mol. The molecular formula is C66H41N5. The highest BCUT2D eigenvalue weighted by Crippen LogP contribution is 2.46. The Morgan fingerprint density at radius 2 is 0.577 bits per heavy atom. The molecule has 0 atom stereocenters. The topological polar surface area (TPSA) is 35.5 Å². The molecule has 330 valence electrons. The van der Waals surface area contributed by atoms with Crippen molar-refractivity contribution in [1.29, 1.82) is 0 Å². The monoisotopic (exact) mass is 903 g/mol. The van der Waals surface area contributed by atoms with Gasteiger partial charge in [-0.3, -0.25) is 0 Å². The Balaban J connectivity index is 0.988. The van der Waals surface area contributed by atoms with Gasteiger partial charge in [0.25, 0.3) is 0 Å². The van der Waals surface area contributed by atoms with Crippen molar-refractivity contribution in [2.24, 2.45) is 0 Å². The third-order valence-electron chi connectivity index (χ3n) is 15.2. The number of H-pyrrole nitrogens is 1. The average Bonchev–Trinajstić information content (AvgIpc) is 4.24. The van der Waals surface area contributed by atoms with Gasteiger partial charge < -0.3 is 23.3 Å². The van der Waals surface area contributed by atoms with E-state index >= 15 is 0 Å². The van der Waals surface area contributed by atoms with Gasteiger partial charge in [0.2, 0.25) is 0 Å². The molecule has 0 spiro atoms. The smallest absolute Gasteiger partial charge is 0.0788 e. The normalized spacial score (nSPS) is 12.2. The first-order valence-corrected chi connectivity index (χ1v) is 24.4. The molecule has 0 unspecified atom stereocenters. The van der Waals surface area contributed by atoms with Gasteiger partial charge in [0.15, 0.2) is 0 Å². The zero-order valence-electron chi connectivity index (χ0n) is 38.4. The SMILES string of the molecule is c1ccc(-n2c3ccccc3c3ccc4c5cc(-c6ccc7c(c6)c6ccc8c9ccccc9n(-c9ccccc9)c8c6n7-c6ccc7[nH]c8ccccc8c7c6)ccc5n(-c5ccccc5)c4c32)cc1. The Morgan fingerprint density at radius 1 is 0.211 bits per heavy atom. The molecule has 0 amide bonds. The zero-order chi connectivity index (χ0) is 46.3. The summed E-state index contributed by atoms with van der Waals surface area (Å²) in [4.78, 5) is 3.67. The van der Waals surface area contributed by atoms with Gasteiger partial charge in [-0.05, 0) is 108 Å². The molecule has 0 aliphatic heterocycles. The van der Waals surface area contributed by atoms with Gasteiger partial charge >= 0.3 is 0 Å². The van der Waals surface area contributed by atoms with Crippen LogP contribution in [0.1, 0.15) is 0 Å². The summed E-state index contributed by atoms with van der Waals surface area (Å²) in [6.07, 6.45) is 0. The number of rotatable bonds is 5. The molecule has 5 nitrogen and oxygen atoms in total. The second-order valence-corrected chi connectivity index (χ2v) is 19.0. The van der Waals surface area contributed by atoms with Crippen LogP contribution in [0.25, 0.3) is 143 Å². The van der Waals surface area contributed by atoms with Gasteiger partial charge in [-0.2, -0.15) is 0 Å². The summed E-state index contributed by atoms with van der Waals surface area (Å²) in [5.41, 5.74) is 18.7. The molecule has 0 fully saturated rings. The van der Waals surface area contributed by atoms with Gasteiger partial charge in [0, 0.05) is 87.6 Å². The number of nitrogens with one attached hydrogen (secondary N) is 1. The molecule has 0 aliphatic carbocycles. The summed E-state index contributed by atoms with van der Waals surface area (Å²) < 4.78 is 9.93. The van der Waals surface area contributed by atoms with Crippen LogP contribution in [0.4, 0.5) is 0 Å². The molecule has 11 aromatic carbocycles. The second kappa shape index (κ2) is 14.5. The molecule has 16 rings (SSSR count). The largest absolute Gasteiger partial charge is 0.355 e. The fourth-order valence-corrected chi connectivity index (χ4v) is 12.2. The van der Waals surface area contributed by atoms with Crippen LogP contribution in [0.5, 0.6) is 0 Å². The van der Waals surface area contributed by atoms with Crippen molar-refractivity contribution >= 4 is 109 Å². The van der Waals surface area contributed by atoms with Crippen LogP contribution in [0, 0.1) is 0 Å². The van der Waals surface area contributed by atoms with E-state index in [9.17, 15) is 0 Å². The highest BCUT2D eigenvalue weighted by Gasteiger charge is 2.24. The lowest BCUT2D eigenvalue weighted by Crippen LogP contribution is -1.98. The summed E-state index contributed by atoms with van der Waals surface area (Å²) in [5, 5.41) is 12.3. The summed E-state index contributed by atoms with van der Waals surface area (Å²) >= 11 is 0. The Morgan fingerprint density at radius 3 is 1.06 bits per heavy atom. The fourth-order valence-electron chi connectivity index (χ4n) is 12.2. The van der Waals surface area contributed by atoms with Crippen molar-refractivity contribution < 1.29 is 0 Å². The van der Waals surface area contributed by atoms with Crippen molar-refractivity contribution in [1.82, 2.24) is 23.3 Å². The molecule has 5 heteroatoms. The fraction of sp³-hybridized carbons (Fsp3) is 0. The van der Waals surface area contributed by atoms with Crippen molar-refractivity contribution in [2.75, 3.05) is 0 Å². The Labute approximate surface area is 406 Å². The summed E-state index contributed by atoms with van der Waals surface area (Å²) in [5.74, 6) is 0. The molecule has 5 aromatic heterocycles. The molecule has 1 N–H and O–H groups in total. The van der Waals surface area contributed by atoms with Gasteiger partial charge in [-0.25, -0.2) is 0 Å². The van der Waals surface area contributed by atoms with E-state index in [0.717, 1.165) is 39.3 Å². The number of nitrogens with zero attached hydrogens (tertiary/aromatic N) is 4. The summed E-state index contributed by atoms with van der Waals surface area (Å²) in [7, 11) is 0. The van der Waals surface area contributed by atoms with Crippen LogP contribution >= 0.6 is 0 Å². The number of fused-ring (bicyclic) bond motifs is 17. The van der Waals surface area contributed by atoms with Gasteiger partial charge in [-0.1, -0.05) is 146 Å². The first-order valence-electron chi connectivity index (χ1n) is 24.4. The number of hydrogen-bond acceptors (Lipinski definition) is 0. The molecule has 0 aliphatic rings. The molecule has 71 heavy (non-hydrogen) atoms. The predicted octanol–water partition coefficient (Wildman–Crippen LogP) is 17.4. The lowest BCUT2D eigenvalue weighted by Gasteiger charge is -2.13. The van der Waals surface area contributed by atoms with Crippen molar-refractivity contribution in [3.63, 3.8) is 0 Å². The van der Waals surface area contributed by atoms with Gasteiger partial charge in [-0.15, -0.1) is 0 Å². The van der Waals surface area contributed by atoms with Crippen LogP contribution in [0.2, 0.25) is 0 Å². The van der Waals surface area contributed by atoms with Crippen LogP contribution in [0.15, 0.2) is 243 Å². The van der Waals surface area contributed by atoms with E-state index in [0.29, 0.717) is 0 Å². The molecule has 0 saturated carbocycles. The number of benzene rings is 11. The van der Waals surface area contributed by atoms with Crippen LogP contribution < -0.4 is 0 Å². The Hall–Kier alpha value is -9.58. The first kappa shape index (κ1) is 38.4. The van der Waals surface area contributed by atoms with Gasteiger partial charge in [0.1, 0.15) is 0 Å². The molecule has 0 bridgehead atoms. The minimum atomic E-state index is 1.13. The molecule has 0 saturated heterocycles. The highest BCUT2D eigenvalue weighted by atomic mass is 15.1. The van der Waals surface area contributed by atoms with Gasteiger partial charge in [0.05, 0.1) is 44.1 Å². The van der Waals surface area contributed by atoms with E-state index in [1.807, 2.05) is 0 Å². The number of aromatic amines is 1. The third-order valence-corrected chi connectivity index (χ3v) is 15.2. The summed E-state index contributed by atoms with van der Waals surface area (Å²) in [6, 6.07) is 89.3. The predicted molar refractivity (Wildman–Crippen MR) is 299 cm³/mol. The zero-order valence-corrected chi connectivity index (χ0v) is 38.4. The lowest BCUT2D eigenvalue weighted by molar-refractivity contribution is 1.15. The van der Waals surface area contributed by atoms with Crippen LogP contribution in [-0.2, 0) is 0 Å². The molecule has 5 heterocycles. The minimum absolute atomic E-state index is 1.13. The quantitative estimate of drug-likeness (QED) is 0.179. The van der Waals surface area contributed by atoms with Crippen LogP contribution in [0.3, 0.4) is 0 Å². The molecule has 16 aromatic rings. The van der Waals surface area contributed by atoms with E-state index < -0.39 is 0 Å². The number of aromatic nitrogens is 5. The highest BCUT2D eigenvalue weighted by molar-refractivity contribution is 6.26. The van der Waals surface area contributed by atoms with E-state index in [1.54, 1.807) is 0 Å². The second-order valence-electron chi connectivity index (χ2n) is 19.0. The maximum Gasteiger partial charge on any atom is 0.0788 e. The average molecular weight is 904 g/mol. The maximum atomic E-state index is 3.67. The first-order chi connectivity index (χ1) is 35.2. The van der Waals surface area contributed by atoms with Crippen molar-refractivity contribution in [3.8, 4) is 33.9 Å². The molecule has 0 radical (unpaired) electrons. The van der Waals surface area contributed by atoms with E-state index in [1.165, 1.54) is 104 Å². The minimum Gasteiger partial charge on any atom is -0.355 e. The number of hydrogen-bond donors (Lipinski definition) is 1. The van der Waals surface area contributed by atoms with Crippen LogP contribution in [-0.4, -0.2) is 23.3 Å². The number of para-hydroxylation sites is 6. The van der Waals surface area contributed by atoms with Crippen molar-refractivity contribution in [3.05, 3.63) is 243 Å². The third kappa shape index (κ3) is 5.34. The van der Waals surface area contributed by atoms with E-state index in [2.05, 4.69) is 266 Å². The maximum absolute atomic E-state index is 3.67. The van der Waals surface area contributed by atoms with E-state index in [4.69, 9.17) is 0 Å². The lowest BCUT2D eigenvalue weighted by atomic mass is 10.00. The Bertz CT molecular complexity index is 4850.